The van der Waals surface area contributed by atoms with E-state index in [1.165, 1.54) is 23.9 Å². The largest absolute Gasteiger partial charge is 0.475 e. The molecule has 1 amide bonds. The maximum atomic E-state index is 14.8. The molecule has 1 aliphatic heterocycles. The van der Waals surface area contributed by atoms with Crippen LogP contribution in [0.15, 0.2) is 29.4 Å². The van der Waals surface area contributed by atoms with Crippen LogP contribution < -0.4 is 9.47 Å². The second-order valence-corrected chi connectivity index (χ2v) is 9.26. The second kappa shape index (κ2) is 9.09. The van der Waals surface area contributed by atoms with Crippen LogP contribution in [0.2, 0.25) is 0 Å². The van der Waals surface area contributed by atoms with Gasteiger partial charge in [0.1, 0.15) is 6.33 Å². The number of hydrogen-bond acceptors (Lipinski definition) is 7. The van der Waals surface area contributed by atoms with E-state index in [2.05, 4.69) is 9.97 Å². The smallest absolute Gasteiger partial charge is 0.410 e. The third-order valence-corrected chi connectivity index (χ3v) is 6.57. The highest BCUT2D eigenvalue weighted by Crippen LogP contribution is 2.58. The van der Waals surface area contributed by atoms with Crippen LogP contribution in [-0.2, 0) is 4.74 Å². The minimum Gasteiger partial charge on any atom is -0.475 e. The molecule has 172 valence electrons. The molecule has 7 nitrogen and oxygen atoms in total. The summed E-state index contributed by atoms with van der Waals surface area (Å²) in [5, 5.41) is 0. The molecule has 1 aromatic carbocycles. The van der Waals surface area contributed by atoms with Crippen LogP contribution in [0.5, 0.6) is 17.5 Å². The summed E-state index contributed by atoms with van der Waals surface area (Å²) in [5.41, 5.74) is -0.104. The normalized spacial score (nSPS) is 21.8. The fourth-order valence-corrected chi connectivity index (χ4v) is 4.35. The second-order valence-electron chi connectivity index (χ2n) is 8.38. The number of hydrogen-bond donors (Lipinski definition) is 0. The number of benzene rings is 1. The van der Waals surface area contributed by atoms with Crippen LogP contribution in [0.3, 0.4) is 0 Å². The number of halogens is 2. The highest BCUT2D eigenvalue weighted by atomic mass is 32.2. The Morgan fingerprint density at radius 1 is 1.31 bits per heavy atom. The lowest BCUT2D eigenvalue weighted by molar-refractivity contribution is 0.0584. The Balaban J connectivity index is 1.37. The van der Waals surface area contributed by atoms with Gasteiger partial charge in [-0.25, -0.2) is 9.18 Å². The molecule has 1 saturated carbocycles. The SMILES string of the molecule is CSc1ccc(Oc2ncnc(OCC34CCN(C(=O)OC(C)C)CC3C4)c2F)c(F)c1. The van der Waals surface area contributed by atoms with Gasteiger partial charge in [0.25, 0.3) is 11.8 Å². The van der Waals surface area contributed by atoms with Crippen molar-refractivity contribution in [2.75, 3.05) is 26.0 Å². The molecule has 0 bridgehead atoms. The van der Waals surface area contributed by atoms with Crippen molar-refractivity contribution in [1.82, 2.24) is 14.9 Å². The number of aromatic nitrogens is 2. The molecule has 2 unspecified atom stereocenters. The van der Waals surface area contributed by atoms with Crippen molar-refractivity contribution in [3.05, 3.63) is 36.2 Å². The monoisotopic (exact) mass is 465 g/mol. The highest BCUT2D eigenvalue weighted by Gasteiger charge is 2.58. The lowest BCUT2D eigenvalue weighted by atomic mass is 9.96. The number of fused-ring (bicyclic) bond motifs is 1. The molecule has 1 aromatic heterocycles. The van der Waals surface area contributed by atoms with E-state index in [4.69, 9.17) is 14.2 Å². The summed E-state index contributed by atoms with van der Waals surface area (Å²) in [7, 11) is 0. The van der Waals surface area contributed by atoms with E-state index in [1.807, 2.05) is 20.1 Å². The van der Waals surface area contributed by atoms with Gasteiger partial charge < -0.3 is 19.1 Å². The molecule has 0 radical (unpaired) electrons. The van der Waals surface area contributed by atoms with Crippen LogP contribution in [0, 0.1) is 23.0 Å². The van der Waals surface area contributed by atoms with Gasteiger partial charge in [-0.05, 0) is 57.1 Å². The van der Waals surface area contributed by atoms with Crippen LogP contribution in [0.4, 0.5) is 13.6 Å². The summed E-state index contributed by atoms with van der Waals surface area (Å²) in [6, 6.07) is 4.41. The van der Waals surface area contributed by atoms with Gasteiger partial charge in [-0.2, -0.15) is 14.4 Å². The topological polar surface area (TPSA) is 73.8 Å². The summed E-state index contributed by atoms with van der Waals surface area (Å²) >= 11 is 1.39. The average molecular weight is 466 g/mol. The van der Waals surface area contributed by atoms with Gasteiger partial charge in [0.2, 0.25) is 5.82 Å². The molecule has 0 spiro atoms. The first kappa shape index (κ1) is 22.6. The van der Waals surface area contributed by atoms with E-state index in [0.717, 1.165) is 24.1 Å². The third kappa shape index (κ3) is 4.74. The lowest BCUT2D eigenvalue weighted by Gasteiger charge is -2.31. The maximum Gasteiger partial charge on any atom is 0.410 e. The number of piperidine rings is 1. The van der Waals surface area contributed by atoms with E-state index in [1.54, 1.807) is 11.0 Å². The Bertz CT molecular complexity index is 1010. The number of ether oxygens (including phenoxy) is 3. The van der Waals surface area contributed by atoms with E-state index in [0.29, 0.717) is 13.1 Å². The molecule has 1 saturated heterocycles. The van der Waals surface area contributed by atoms with Gasteiger partial charge >= 0.3 is 6.09 Å². The Kier molecular flexibility index (Phi) is 6.41. The molecule has 2 aliphatic rings. The fourth-order valence-electron chi connectivity index (χ4n) is 3.92. The van der Waals surface area contributed by atoms with Gasteiger partial charge in [-0.15, -0.1) is 11.8 Å². The minimum absolute atomic E-state index is 0.104. The molecule has 0 N–H and O–H groups in total. The number of thioether (sulfide) groups is 1. The first-order valence-corrected chi connectivity index (χ1v) is 11.6. The number of carbonyl (C=O) groups excluding carboxylic acids is 1. The number of nitrogens with zero attached hydrogens (tertiary/aromatic N) is 3. The molecular weight excluding hydrogens is 440 g/mol. The first-order valence-electron chi connectivity index (χ1n) is 10.4. The van der Waals surface area contributed by atoms with E-state index < -0.39 is 17.5 Å². The van der Waals surface area contributed by atoms with Crippen LogP contribution >= 0.6 is 11.8 Å². The molecular formula is C22H25F2N3O4S. The first-order chi connectivity index (χ1) is 15.3. The van der Waals surface area contributed by atoms with E-state index >= 15 is 0 Å². The number of rotatable bonds is 7. The predicted octanol–water partition coefficient (Wildman–Crippen LogP) is 4.90. The van der Waals surface area contributed by atoms with Gasteiger partial charge in [0.05, 0.1) is 12.7 Å². The zero-order valence-corrected chi connectivity index (χ0v) is 19.0. The average Bonchev–Trinajstić information content (AvgIpc) is 3.49. The van der Waals surface area contributed by atoms with Gasteiger partial charge in [0, 0.05) is 23.4 Å². The summed E-state index contributed by atoms with van der Waals surface area (Å²) in [5.74, 6) is -1.99. The third-order valence-electron chi connectivity index (χ3n) is 5.84. The van der Waals surface area contributed by atoms with Crippen LogP contribution in [-0.4, -0.2) is 53.0 Å². The van der Waals surface area contributed by atoms with Crippen molar-refractivity contribution in [2.45, 2.75) is 37.7 Å². The standard InChI is InChI=1S/C22H25F2N3O4S/c1-13(2)30-21(28)27-7-6-22(9-14(22)10-27)11-29-19-18(24)20(26-12-25-19)31-17-5-4-15(32-3)8-16(17)23/h4-5,8,12-14H,6-7,9-11H2,1-3H3. The summed E-state index contributed by atoms with van der Waals surface area (Å²) in [6.45, 7) is 5.07. The number of carbonyl (C=O) groups is 1. The van der Waals surface area contributed by atoms with Gasteiger partial charge in [-0.3, -0.25) is 0 Å². The Hall–Kier alpha value is -2.62. The van der Waals surface area contributed by atoms with Crippen molar-refractivity contribution >= 4 is 17.9 Å². The maximum absolute atomic E-state index is 14.8. The van der Waals surface area contributed by atoms with Crippen molar-refractivity contribution in [2.24, 2.45) is 11.3 Å². The Morgan fingerprint density at radius 3 is 2.78 bits per heavy atom. The van der Waals surface area contributed by atoms with Crippen molar-refractivity contribution in [3.8, 4) is 17.5 Å². The van der Waals surface area contributed by atoms with Crippen molar-refractivity contribution in [1.29, 1.82) is 0 Å². The number of likely N-dealkylation sites (tertiary alicyclic amines) is 1. The predicted molar refractivity (Wildman–Crippen MR) is 114 cm³/mol. The number of amides is 1. The molecule has 2 heterocycles. The molecule has 2 fully saturated rings. The quantitative estimate of drug-likeness (QED) is 0.538. The molecule has 2 aromatic rings. The highest BCUT2D eigenvalue weighted by molar-refractivity contribution is 7.98. The fraction of sp³-hybridized carbons (Fsp3) is 0.500. The van der Waals surface area contributed by atoms with Crippen LogP contribution in [0.1, 0.15) is 26.7 Å². The molecule has 2 atom stereocenters. The van der Waals surface area contributed by atoms with Crippen molar-refractivity contribution in [3.63, 3.8) is 0 Å². The van der Waals surface area contributed by atoms with Crippen LogP contribution in [0.25, 0.3) is 0 Å². The van der Waals surface area contributed by atoms with Gasteiger partial charge in [-0.1, -0.05) is 0 Å². The van der Waals surface area contributed by atoms with Gasteiger partial charge in [0.15, 0.2) is 11.6 Å². The Morgan fingerprint density at radius 2 is 2.09 bits per heavy atom. The Labute approximate surface area is 189 Å². The zero-order valence-electron chi connectivity index (χ0n) is 18.1. The molecule has 10 heteroatoms. The molecule has 4 rings (SSSR count). The summed E-state index contributed by atoms with van der Waals surface area (Å²) in [6.07, 6.45) is 4.12. The van der Waals surface area contributed by atoms with E-state index in [-0.39, 0.29) is 41.8 Å². The summed E-state index contributed by atoms with van der Waals surface area (Å²) < 4.78 is 45.3. The summed E-state index contributed by atoms with van der Waals surface area (Å²) in [4.78, 5) is 22.2. The van der Waals surface area contributed by atoms with Crippen molar-refractivity contribution < 1.29 is 27.8 Å². The lowest BCUT2D eigenvalue weighted by Crippen LogP contribution is -2.41. The minimum atomic E-state index is -0.882. The zero-order chi connectivity index (χ0) is 22.9. The van der Waals surface area contributed by atoms with E-state index in [9.17, 15) is 13.6 Å². The molecule has 32 heavy (non-hydrogen) atoms. The molecule has 1 aliphatic carbocycles.